The van der Waals surface area contributed by atoms with Gasteiger partial charge in [-0.25, -0.2) is 9.67 Å². The summed E-state index contributed by atoms with van der Waals surface area (Å²) in [5.41, 5.74) is 3.63. The molecule has 0 aliphatic carbocycles. The number of nitrogens with zero attached hydrogens (tertiary/aromatic N) is 4. The van der Waals surface area contributed by atoms with Crippen molar-refractivity contribution in [3.8, 4) is 5.82 Å². The van der Waals surface area contributed by atoms with E-state index in [1.807, 2.05) is 55.5 Å². The third-order valence-electron chi connectivity index (χ3n) is 4.91. The number of aromatic nitrogens is 4. The molecule has 0 bridgehead atoms. The Bertz CT molecular complexity index is 1170. The summed E-state index contributed by atoms with van der Waals surface area (Å²) in [6.07, 6.45) is 5.67. The van der Waals surface area contributed by atoms with E-state index in [-0.39, 0.29) is 11.9 Å². The fourth-order valence-electron chi connectivity index (χ4n) is 3.30. The summed E-state index contributed by atoms with van der Waals surface area (Å²) < 4.78 is 1.57. The number of anilines is 2. The molecule has 7 nitrogen and oxygen atoms in total. The Kier molecular flexibility index (Phi) is 6.03. The Hall–Kier alpha value is -4.00. The van der Waals surface area contributed by atoms with Gasteiger partial charge in [-0.2, -0.15) is 10.1 Å². The zero-order valence-corrected chi connectivity index (χ0v) is 17.5. The predicted octanol–water partition coefficient (Wildman–Crippen LogP) is 4.60. The Morgan fingerprint density at radius 2 is 1.94 bits per heavy atom. The summed E-state index contributed by atoms with van der Waals surface area (Å²) in [6.45, 7) is 4.10. The van der Waals surface area contributed by atoms with Gasteiger partial charge in [-0.05, 0) is 31.0 Å². The Morgan fingerprint density at radius 3 is 2.71 bits per heavy atom. The largest absolute Gasteiger partial charge is 0.345 e. The van der Waals surface area contributed by atoms with Crippen LogP contribution in [-0.2, 0) is 0 Å². The smallest absolute Gasteiger partial charge is 0.254 e. The molecule has 7 heteroatoms. The normalized spacial score (nSPS) is 11.7. The first kappa shape index (κ1) is 20.3. The Labute approximate surface area is 181 Å². The molecule has 31 heavy (non-hydrogen) atoms. The van der Waals surface area contributed by atoms with Crippen LogP contribution in [0.25, 0.3) is 5.82 Å². The van der Waals surface area contributed by atoms with E-state index < -0.39 is 0 Å². The molecule has 0 aliphatic heterocycles. The number of amides is 1. The van der Waals surface area contributed by atoms with Crippen LogP contribution in [0.15, 0.2) is 79.3 Å². The number of nitrogens with one attached hydrogen (secondary N) is 2. The van der Waals surface area contributed by atoms with E-state index in [1.165, 1.54) is 5.56 Å². The van der Waals surface area contributed by atoms with E-state index in [0.717, 1.165) is 17.7 Å². The molecule has 0 aliphatic rings. The maximum absolute atomic E-state index is 12.8. The van der Waals surface area contributed by atoms with Gasteiger partial charge in [-0.15, -0.1) is 0 Å². The van der Waals surface area contributed by atoms with Crippen molar-refractivity contribution in [2.45, 2.75) is 26.3 Å². The molecule has 2 heterocycles. The van der Waals surface area contributed by atoms with Gasteiger partial charge in [0.2, 0.25) is 5.95 Å². The maximum Gasteiger partial charge on any atom is 0.254 e. The Morgan fingerprint density at radius 1 is 1.10 bits per heavy atom. The average molecular weight is 412 g/mol. The van der Waals surface area contributed by atoms with Crippen LogP contribution in [-0.4, -0.2) is 25.7 Å². The quantitative estimate of drug-likeness (QED) is 0.464. The molecule has 2 N–H and O–H groups in total. The molecule has 0 saturated carbocycles. The van der Waals surface area contributed by atoms with Gasteiger partial charge in [0, 0.05) is 24.1 Å². The van der Waals surface area contributed by atoms with Gasteiger partial charge in [0.25, 0.3) is 5.91 Å². The van der Waals surface area contributed by atoms with Gasteiger partial charge in [-0.1, -0.05) is 55.0 Å². The molecule has 0 spiro atoms. The van der Waals surface area contributed by atoms with E-state index in [1.54, 1.807) is 29.3 Å². The second kappa shape index (κ2) is 9.21. The summed E-state index contributed by atoms with van der Waals surface area (Å²) >= 11 is 0. The number of hydrogen-bond acceptors (Lipinski definition) is 5. The number of aryl methyl sites for hydroxylation is 1. The van der Waals surface area contributed by atoms with Crippen LogP contribution in [0.2, 0.25) is 0 Å². The average Bonchev–Trinajstić information content (AvgIpc) is 3.29. The van der Waals surface area contributed by atoms with Crippen molar-refractivity contribution in [2.75, 3.05) is 5.32 Å². The molecule has 4 aromatic rings. The van der Waals surface area contributed by atoms with Gasteiger partial charge in [-0.3, -0.25) is 4.79 Å². The number of carbonyl (C=O) groups is 1. The lowest BCUT2D eigenvalue weighted by molar-refractivity contribution is 0.0935. The van der Waals surface area contributed by atoms with Crippen molar-refractivity contribution in [3.05, 3.63) is 95.9 Å². The molecule has 0 saturated heterocycles. The van der Waals surface area contributed by atoms with Crippen molar-refractivity contribution in [1.29, 1.82) is 0 Å². The van der Waals surface area contributed by atoms with E-state index in [0.29, 0.717) is 17.3 Å². The van der Waals surface area contributed by atoms with Crippen LogP contribution in [0.1, 0.15) is 40.9 Å². The second-order valence-electron chi connectivity index (χ2n) is 7.25. The standard InChI is InChI=1S/C24H24N6O/c1-3-21(18-9-7-8-17(2)14-18)28-23(31)19-15-26-30(16-19)22-12-13-25-24(29-22)27-20-10-5-4-6-11-20/h4-16,21H,3H2,1-2H3,(H,28,31)(H,25,27,29)/t21-/m1/s1. The minimum atomic E-state index is -0.170. The van der Waals surface area contributed by atoms with E-state index >= 15 is 0 Å². The van der Waals surface area contributed by atoms with Crippen molar-refractivity contribution in [2.24, 2.45) is 0 Å². The van der Waals surface area contributed by atoms with Crippen LogP contribution < -0.4 is 10.6 Å². The minimum Gasteiger partial charge on any atom is -0.345 e. The molecule has 1 amide bonds. The number of rotatable bonds is 7. The lowest BCUT2D eigenvalue weighted by Crippen LogP contribution is -2.27. The zero-order chi connectivity index (χ0) is 21.6. The molecular formula is C24H24N6O. The predicted molar refractivity (Wildman–Crippen MR) is 121 cm³/mol. The summed E-state index contributed by atoms with van der Waals surface area (Å²) in [4.78, 5) is 21.6. The summed E-state index contributed by atoms with van der Waals surface area (Å²) in [5, 5.41) is 10.6. The van der Waals surface area contributed by atoms with Crippen LogP contribution in [0, 0.1) is 6.92 Å². The van der Waals surface area contributed by atoms with Gasteiger partial charge in [0.05, 0.1) is 17.8 Å². The maximum atomic E-state index is 12.8. The third kappa shape index (κ3) is 4.95. The first-order valence-corrected chi connectivity index (χ1v) is 10.2. The van der Waals surface area contributed by atoms with Gasteiger partial charge in [0.15, 0.2) is 5.82 Å². The van der Waals surface area contributed by atoms with E-state index in [2.05, 4.69) is 38.7 Å². The lowest BCUT2D eigenvalue weighted by Gasteiger charge is -2.17. The summed E-state index contributed by atoms with van der Waals surface area (Å²) in [6, 6.07) is 19.6. The molecular weight excluding hydrogens is 388 g/mol. The topological polar surface area (TPSA) is 84.7 Å². The number of carbonyl (C=O) groups excluding carboxylic acids is 1. The molecule has 156 valence electrons. The highest BCUT2D eigenvalue weighted by Gasteiger charge is 2.16. The molecule has 2 aromatic heterocycles. The van der Waals surface area contributed by atoms with Gasteiger partial charge in [0.1, 0.15) is 0 Å². The number of benzene rings is 2. The van der Waals surface area contributed by atoms with E-state index in [9.17, 15) is 4.79 Å². The van der Waals surface area contributed by atoms with Crippen molar-refractivity contribution in [3.63, 3.8) is 0 Å². The molecule has 0 unspecified atom stereocenters. The minimum absolute atomic E-state index is 0.0588. The van der Waals surface area contributed by atoms with Gasteiger partial charge < -0.3 is 10.6 Å². The highest BCUT2D eigenvalue weighted by molar-refractivity contribution is 5.94. The SMILES string of the molecule is CC[C@@H](NC(=O)c1cnn(-c2ccnc(Nc3ccccc3)n2)c1)c1cccc(C)c1. The highest BCUT2D eigenvalue weighted by Crippen LogP contribution is 2.19. The number of hydrogen-bond donors (Lipinski definition) is 2. The van der Waals surface area contributed by atoms with Crippen molar-refractivity contribution in [1.82, 2.24) is 25.1 Å². The third-order valence-corrected chi connectivity index (χ3v) is 4.91. The number of para-hydroxylation sites is 1. The van der Waals surface area contributed by atoms with Crippen LogP contribution >= 0.6 is 0 Å². The van der Waals surface area contributed by atoms with Crippen molar-refractivity contribution >= 4 is 17.5 Å². The molecule has 0 fully saturated rings. The monoisotopic (exact) mass is 412 g/mol. The Balaban J connectivity index is 1.49. The fourth-order valence-corrected chi connectivity index (χ4v) is 3.30. The molecule has 4 rings (SSSR count). The highest BCUT2D eigenvalue weighted by atomic mass is 16.1. The van der Waals surface area contributed by atoms with Crippen LogP contribution in [0.3, 0.4) is 0 Å². The van der Waals surface area contributed by atoms with Crippen LogP contribution in [0.5, 0.6) is 0 Å². The summed E-state index contributed by atoms with van der Waals surface area (Å²) in [7, 11) is 0. The second-order valence-corrected chi connectivity index (χ2v) is 7.25. The van der Waals surface area contributed by atoms with Crippen molar-refractivity contribution < 1.29 is 4.79 Å². The molecule has 2 aromatic carbocycles. The van der Waals surface area contributed by atoms with E-state index in [4.69, 9.17) is 0 Å². The first-order valence-electron chi connectivity index (χ1n) is 10.2. The fraction of sp³-hybridized carbons (Fsp3) is 0.167. The lowest BCUT2D eigenvalue weighted by atomic mass is 10.0. The molecule has 1 atom stereocenters. The first-order chi connectivity index (χ1) is 15.1. The van der Waals surface area contributed by atoms with Gasteiger partial charge >= 0.3 is 0 Å². The molecule has 0 radical (unpaired) electrons. The zero-order valence-electron chi connectivity index (χ0n) is 17.5. The summed E-state index contributed by atoms with van der Waals surface area (Å²) in [5.74, 6) is 0.852. The van der Waals surface area contributed by atoms with Crippen LogP contribution in [0.4, 0.5) is 11.6 Å².